The van der Waals surface area contributed by atoms with Crippen LogP contribution in [0.3, 0.4) is 0 Å². The van der Waals surface area contributed by atoms with E-state index in [1.165, 1.54) is 12.1 Å². The van der Waals surface area contributed by atoms with E-state index in [-0.39, 0.29) is 48.4 Å². The van der Waals surface area contributed by atoms with Gasteiger partial charge in [0.2, 0.25) is 5.91 Å². The summed E-state index contributed by atoms with van der Waals surface area (Å²) >= 11 is 6.37. The molecule has 2 fully saturated rings. The van der Waals surface area contributed by atoms with Crippen LogP contribution in [0.15, 0.2) is 42.5 Å². The molecule has 0 aromatic heterocycles. The number of nitrogens with zero attached hydrogens (tertiary/aromatic N) is 2. The maximum absolute atomic E-state index is 13.8. The average molecular weight is 549 g/mol. The Morgan fingerprint density at radius 1 is 0.974 bits per heavy atom. The van der Waals surface area contributed by atoms with E-state index in [1.54, 1.807) is 17.0 Å². The summed E-state index contributed by atoms with van der Waals surface area (Å²) in [6.07, 6.45) is 0.0748. The number of alkyl halides is 3. The number of benzene rings is 2. The summed E-state index contributed by atoms with van der Waals surface area (Å²) in [5.41, 5.74) is 0.617. The van der Waals surface area contributed by atoms with E-state index >= 15 is 0 Å². The van der Waals surface area contributed by atoms with Crippen molar-refractivity contribution in [3.8, 4) is 0 Å². The Bertz CT molecular complexity index is 1250. The summed E-state index contributed by atoms with van der Waals surface area (Å²) in [5.74, 6) is -1.74. The van der Waals surface area contributed by atoms with Gasteiger partial charge in [0, 0.05) is 35.0 Å². The largest absolute Gasteiger partial charge is 0.481 e. The second kappa shape index (κ2) is 10.2. The van der Waals surface area contributed by atoms with Crippen LogP contribution in [-0.2, 0) is 15.8 Å². The number of hydrogen-bond acceptors (Lipinski definition) is 3. The molecular weight excluding hydrogens is 521 g/mol. The van der Waals surface area contributed by atoms with Crippen LogP contribution in [0.4, 0.5) is 18.9 Å². The van der Waals surface area contributed by atoms with Crippen LogP contribution >= 0.6 is 11.6 Å². The van der Waals surface area contributed by atoms with Gasteiger partial charge in [-0.2, -0.15) is 13.2 Å². The van der Waals surface area contributed by atoms with Gasteiger partial charge in [0.1, 0.15) is 0 Å². The van der Waals surface area contributed by atoms with Gasteiger partial charge in [-0.1, -0.05) is 24.1 Å². The van der Waals surface area contributed by atoms with Gasteiger partial charge in [0.05, 0.1) is 23.7 Å². The zero-order chi connectivity index (χ0) is 27.2. The molecule has 1 N–H and O–H groups in total. The lowest BCUT2D eigenvalue weighted by molar-refractivity contribution is -0.145. The van der Waals surface area contributed by atoms with Crippen molar-refractivity contribution in [3.05, 3.63) is 64.2 Å². The lowest BCUT2D eigenvalue weighted by atomic mass is 9.78. The quantitative estimate of drug-likeness (QED) is 0.448. The van der Waals surface area contributed by atoms with Crippen molar-refractivity contribution in [1.82, 2.24) is 4.90 Å². The Hall–Kier alpha value is -3.07. The fraction of sp³-hybridized carbons (Fsp3) is 0.464. The molecule has 6 nitrogen and oxygen atoms in total. The van der Waals surface area contributed by atoms with E-state index in [2.05, 4.69) is 0 Å². The second-order valence-corrected chi connectivity index (χ2v) is 10.8. The minimum atomic E-state index is -4.51. The Kier molecular flexibility index (Phi) is 7.15. The summed E-state index contributed by atoms with van der Waals surface area (Å²) in [7, 11) is 0. The predicted octanol–water partition coefficient (Wildman–Crippen LogP) is 6.47. The number of rotatable bonds is 6. The SMILES string of the molecule is O=C(O)CCC(=O)N(C1CCC1)[C@H]1c2ccc(Cl)cc2N(C(=O)c2ccc(C(F)(F)F)cc2)[C@@H]2CCC[C@@H]21. The molecule has 0 bridgehead atoms. The van der Waals surface area contributed by atoms with Crippen molar-refractivity contribution < 1.29 is 32.7 Å². The number of fused-ring (bicyclic) bond motifs is 2. The molecule has 38 heavy (non-hydrogen) atoms. The first-order valence-electron chi connectivity index (χ1n) is 12.9. The van der Waals surface area contributed by atoms with Crippen molar-refractivity contribution in [3.63, 3.8) is 0 Å². The minimum Gasteiger partial charge on any atom is -0.481 e. The highest BCUT2D eigenvalue weighted by Crippen LogP contribution is 2.53. The molecule has 202 valence electrons. The molecule has 2 amide bonds. The van der Waals surface area contributed by atoms with Crippen LogP contribution in [-0.4, -0.2) is 39.9 Å². The molecule has 0 radical (unpaired) electrons. The highest BCUT2D eigenvalue weighted by molar-refractivity contribution is 6.31. The number of carboxylic acid groups (broad SMARTS) is 1. The van der Waals surface area contributed by atoms with Crippen LogP contribution in [0.5, 0.6) is 0 Å². The third-order valence-corrected chi connectivity index (χ3v) is 8.36. The Morgan fingerprint density at radius 3 is 2.26 bits per heavy atom. The van der Waals surface area contributed by atoms with Gasteiger partial charge in [0.25, 0.3) is 5.91 Å². The smallest absolute Gasteiger partial charge is 0.416 e. The third-order valence-electron chi connectivity index (χ3n) is 8.13. The summed E-state index contributed by atoms with van der Waals surface area (Å²) in [4.78, 5) is 42.0. The van der Waals surface area contributed by atoms with Crippen LogP contribution in [0.2, 0.25) is 5.02 Å². The minimum absolute atomic E-state index is 0.00300. The van der Waals surface area contributed by atoms with Gasteiger partial charge in [-0.05, 0) is 74.1 Å². The van der Waals surface area contributed by atoms with E-state index in [4.69, 9.17) is 11.6 Å². The van der Waals surface area contributed by atoms with Crippen LogP contribution < -0.4 is 4.90 Å². The van der Waals surface area contributed by atoms with E-state index < -0.39 is 23.6 Å². The summed E-state index contributed by atoms with van der Waals surface area (Å²) in [6, 6.07) is 8.82. The monoisotopic (exact) mass is 548 g/mol. The molecule has 5 rings (SSSR count). The highest BCUT2D eigenvalue weighted by Gasteiger charge is 2.50. The molecule has 2 saturated carbocycles. The van der Waals surface area contributed by atoms with Gasteiger partial charge in [-0.25, -0.2) is 0 Å². The number of aliphatic carboxylic acids is 1. The van der Waals surface area contributed by atoms with Crippen molar-refractivity contribution >= 4 is 35.1 Å². The number of amides is 2. The molecule has 3 aliphatic rings. The molecule has 1 aliphatic heterocycles. The third kappa shape index (κ3) is 4.88. The van der Waals surface area contributed by atoms with Gasteiger partial charge in [-0.15, -0.1) is 0 Å². The van der Waals surface area contributed by atoms with E-state index in [0.29, 0.717) is 17.1 Å². The number of carbonyl (C=O) groups excluding carboxylic acids is 2. The molecular formula is C28H28ClF3N2O4. The van der Waals surface area contributed by atoms with Crippen LogP contribution in [0.1, 0.15) is 78.9 Å². The lowest BCUT2D eigenvalue weighted by Gasteiger charge is -2.51. The van der Waals surface area contributed by atoms with Crippen LogP contribution in [0, 0.1) is 5.92 Å². The zero-order valence-electron chi connectivity index (χ0n) is 20.6. The number of carbonyl (C=O) groups is 3. The number of halogens is 4. The molecule has 0 unspecified atom stereocenters. The van der Waals surface area contributed by atoms with Gasteiger partial charge in [-0.3, -0.25) is 14.4 Å². The summed E-state index contributed by atoms with van der Waals surface area (Å²) in [5, 5.41) is 9.58. The lowest BCUT2D eigenvalue weighted by Crippen LogP contribution is -2.55. The summed E-state index contributed by atoms with van der Waals surface area (Å²) < 4.78 is 39.3. The fourth-order valence-electron chi connectivity index (χ4n) is 6.19. The fourth-order valence-corrected chi connectivity index (χ4v) is 6.36. The normalized spacial score (nSPS) is 22.8. The summed E-state index contributed by atoms with van der Waals surface area (Å²) in [6.45, 7) is 0. The number of anilines is 1. The molecule has 2 aromatic rings. The average Bonchev–Trinajstić information content (AvgIpc) is 3.31. The molecule has 2 aromatic carbocycles. The van der Waals surface area contributed by atoms with Crippen molar-refractivity contribution in [2.75, 3.05) is 4.90 Å². The van der Waals surface area contributed by atoms with Crippen molar-refractivity contribution in [1.29, 1.82) is 0 Å². The Balaban J connectivity index is 1.56. The van der Waals surface area contributed by atoms with Gasteiger partial charge in [0.15, 0.2) is 0 Å². The molecule has 10 heteroatoms. The molecule has 3 atom stereocenters. The van der Waals surface area contributed by atoms with E-state index in [0.717, 1.165) is 49.8 Å². The Morgan fingerprint density at radius 2 is 1.66 bits per heavy atom. The predicted molar refractivity (Wildman–Crippen MR) is 135 cm³/mol. The highest BCUT2D eigenvalue weighted by atomic mass is 35.5. The van der Waals surface area contributed by atoms with Crippen molar-refractivity contribution in [2.24, 2.45) is 5.92 Å². The standard InChI is InChI=1S/C28H28ClF3N2O4/c29-18-11-12-21-23(15-18)34(27(38)16-7-9-17(10-8-16)28(30,31)32)22-6-2-5-20(22)26(21)33(19-3-1-4-19)24(35)13-14-25(36)37/h7-12,15,19-20,22,26H,1-6,13-14H2,(H,36,37)/t20-,22+,26+/m0/s1. The molecule has 1 heterocycles. The van der Waals surface area contributed by atoms with Crippen molar-refractivity contribution in [2.45, 2.75) is 75.7 Å². The second-order valence-electron chi connectivity index (χ2n) is 10.3. The van der Waals surface area contributed by atoms with Gasteiger partial charge < -0.3 is 14.9 Å². The molecule has 2 aliphatic carbocycles. The van der Waals surface area contributed by atoms with Crippen LogP contribution in [0.25, 0.3) is 0 Å². The number of hydrogen-bond donors (Lipinski definition) is 1. The first-order chi connectivity index (χ1) is 18.1. The number of carboxylic acids is 1. The Labute approximate surface area is 223 Å². The first kappa shape index (κ1) is 26.5. The molecule has 0 spiro atoms. The first-order valence-corrected chi connectivity index (χ1v) is 13.3. The maximum Gasteiger partial charge on any atom is 0.416 e. The maximum atomic E-state index is 13.8. The topological polar surface area (TPSA) is 77.9 Å². The van der Waals surface area contributed by atoms with E-state index in [1.807, 2.05) is 11.0 Å². The zero-order valence-corrected chi connectivity index (χ0v) is 21.3. The van der Waals surface area contributed by atoms with Gasteiger partial charge >= 0.3 is 12.1 Å². The van der Waals surface area contributed by atoms with E-state index in [9.17, 15) is 32.7 Å². The molecule has 0 saturated heterocycles.